The van der Waals surface area contributed by atoms with E-state index in [-0.39, 0.29) is 23.4 Å². The molecular weight excluding hydrogens is 375 g/mol. The first kappa shape index (κ1) is 20.5. The molecule has 1 atom stereocenters. The number of ether oxygens (including phenoxy) is 1. The van der Waals surface area contributed by atoms with Crippen molar-refractivity contribution in [2.45, 2.75) is 6.04 Å². The van der Waals surface area contributed by atoms with E-state index in [1.165, 1.54) is 30.2 Å². The van der Waals surface area contributed by atoms with Crippen molar-refractivity contribution >= 4 is 17.4 Å². The summed E-state index contributed by atoms with van der Waals surface area (Å²) in [6.45, 7) is 0.697. The molecule has 3 rings (SSSR count). The topological polar surface area (TPSA) is 70.1 Å². The standard InChI is InChI=1S/C22H23FN2O4/c1-24(2)11-12-25-19(16-9-4-5-10-17(16)23)18(21(27)22(25)28)20(26)14-7-6-8-15(13-14)29-3/h4-10,13,19,26H,11-12H2,1-3H3/t19-/m1/s1. The zero-order valence-corrected chi connectivity index (χ0v) is 16.6. The van der Waals surface area contributed by atoms with E-state index in [0.717, 1.165) is 0 Å². The Kier molecular flexibility index (Phi) is 5.98. The molecule has 1 fully saturated rings. The van der Waals surface area contributed by atoms with Gasteiger partial charge in [-0.05, 0) is 32.3 Å². The molecule has 7 heteroatoms. The fourth-order valence-corrected chi connectivity index (χ4v) is 3.36. The van der Waals surface area contributed by atoms with E-state index in [4.69, 9.17) is 4.74 Å². The Morgan fingerprint density at radius 1 is 1.17 bits per heavy atom. The number of carbonyl (C=O) groups is 2. The van der Waals surface area contributed by atoms with Crippen LogP contribution < -0.4 is 4.74 Å². The van der Waals surface area contributed by atoms with Gasteiger partial charge in [-0.2, -0.15) is 0 Å². The van der Waals surface area contributed by atoms with Crippen LogP contribution in [0.5, 0.6) is 5.75 Å². The van der Waals surface area contributed by atoms with Crippen LogP contribution in [0.1, 0.15) is 17.2 Å². The number of rotatable bonds is 6. The van der Waals surface area contributed by atoms with E-state index in [1.54, 1.807) is 30.3 Å². The van der Waals surface area contributed by atoms with E-state index in [1.807, 2.05) is 19.0 Å². The number of halogens is 1. The molecule has 1 amide bonds. The molecule has 1 saturated heterocycles. The average Bonchev–Trinajstić information content (AvgIpc) is 2.96. The SMILES string of the molecule is COc1cccc(C(O)=C2C(=O)C(=O)N(CCN(C)C)[C@@H]2c2ccccc2F)c1. The molecule has 0 spiro atoms. The molecule has 2 aromatic rings. The normalized spacial score (nSPS) is 18.5. The molecule has 0 radical (unpaired) electrons. The molecule has 0 bridgehead atoms. The number of hydrogen-bond acceptors (Lipinski definition) is 5. The number of nitrogens with zero attached hydrogens (tertiary/aromatic N) is 2. The Morgan fingerprint density at radius 2 is 1.90 bits per heavy atom. The van der Waals surface area contributed by atoms with Gasteiger partial charge in [0.15, 0.2) is 0 Å². The number of hydrogen-bond donors (Lipinski definition) is 1. The van der Waals surface area contributed by atoms with Gasteiger partial charge in [-0.3, -0.25) is 9.59 Å². The largest absolute Gasteiger partial charge is 0.507 e. The lowest BCUT2D eigenvalue weighted by atomic mass is 9.95. The highest BCUT2D eigenvalue weighted by Crippen LogP contribution is 2.40. The molecule has 1 heterocycles. The number of benzene rings is 2. The van der Waals surface area contributed by atoms with Crippen LogP contribution in [0.25, 0.3) is 5.76 Å². The van der Waals surface area contributed by atoms with Gasteiger partial charge >= 0.3 is 0 Å². The third-order valence-electron chi connectivity index (χ3n) is 4.87. The van der Waals surface area contributed by atoms with Crippen molar-refractivity contribution in [3.8, 4) is 5.75 Å². The van der Waals surface area contributed by atoms with Crippen molar-refractivity contribution in [1.29, 1.82) is 0 Å². The van der Waals surface area contributed by atoms with E-state index in [9.17, 15) is 19.1 Å². The molecular formula is C22H23FN2O4. The quantitative estimate of drug-likeness (QED) is 0.460. The number of methoxy groups -OCH3 is 1. The average molecular weight is 398 g/mol. The third-order valence-corrected chi connectivity index (χ3v) is 4.87. The molecule has 29 heavy (non-hydrogen) atoms. The second-order valence-corrected chi connectivity index (χ2v) is 7.05. The number of aliphatic hydroxyl groups is 1. The minimum absolute atomic E-state index is 0.132. The Balaban J connectivity index is 2.18. The molecule has 0 saturated carbocycles. The number of carbonyl (C=O) groups excluding carboxylic acids is 2. The summed E-state index contributed by atoms with van der Waals surface area (Å²) in [6, 6.07) is 11.5. The van der Waals surface area contributed by atoms with Crippen molar-refractivity contribution in [2.24, 2.45) is 0 Å². The number of amides is 1. The summed E-state index contributed by atoms with van der Waals surface area (Å²) >= 11 is 0. The number of likely N-dealkylation sites (tertiary alicyclic amines) is 1. The molecule has 152 valence electrons. The molecule has 2 aromatic carbocycles. The highest BCUT2D eigenvalue weighted by Gasteiger charge is 2.46. The van der Waals surface area contributed by atoms with E-state index in [2.05, 4.69) is 0 Å². The zero-order valence-electron chi connectivity index (χ0n) is 16.6. The summed E-state index contributed by atoms with van der Waals surface area (Å²) in [5, 5.41) is 10.9. The van der Waals surface area contributed by atoms with Crippen LogP contribution in [0.3, 0.4) is 0 Å². The maximum atomic E-state index is 14.6. The summed E-state index contributed by atoms with van der Waals surface area (Å²) in [5.74, 6) is -2.02. The summed E-state index contributed by atoms with van der Waals surface area (Å²) in [7, 11) is 5.16. The van der Waals surface area contributed by atoms with Gasteiger partial charge in [0, 0.05) is 24.2 Å². The Labute approximate surface area is 168 Å². The first-order chi connectivity index (χ1) is 13.8. The lowest BCUT2D eigenvalue weighted by molar-refractivity contribution is -0.140. The second kappa shape index (κ2) is 8.45. The van der Waals surface area contributed by atoms with Crippen molar-refractivity contribution in [3.63, 3.8) is 0 Å². The van der Waals surface area contributed by atoms with Gasteiger partial charge in [-0.1, -0.05) is 30.3 Å². The predicted molar refractivity (Wildman–Crippen MR) is 107 cm³/mol. The fourth-order valence-electron chi connectivity index (χ4n) is 3.36. The first-order valence-corrected chi connectivity index (χ1v) is 9.17. The van der Waals surface area contributed by atoms with Gasteiger partial charge in [0.1, 0.15) is 17.3 Å². The summed E-state index contributed by atoms with van der Waals surface area (Å²) in [5.41, 5.74) is 0.346. The van der Waals surface area contributed by atoms with Crippen LogP contribution >= 0.6 is 0 Å². The van der Waals surface area contributed by atoms with Gasteiger partial charge in [0.05, 0.1) is 18.7 Å². The Morgan fingerprint density at radius 3 is 2.55 bits per heavy atom. The number of likely N-dealkylation sites (N-methyl/N-ethyl adjacent to an activating group) is 1. The second-order valence-electron chi connectivity index (χ2n) is 7.05. The molecule has 1 aliphatic heterocycles. The van der Waals surface area contributed by atoms with E-state index in [0.29, 0.717) is 17.9 Å². The lowest BCUT2D eigenvalue weighted by Gasteiger charge is -2.26. The van der Waals surface area contributed by atoms with Crippen molar-refractivity contribution in [2.75, 3.05) is 34.3 Å². The molecule has 6 nitrogen and oxygen atoms in total. The van der Waals surface area contributed by atoms with E-state index < -0.39 is 23.5 Å². The van der Waals surface area contributed by atoms with Gasteiger partial charge in [-0.15, -0.1) is 0 Å². The number of Topliss-reactive ketones (excluding diaryl/α,β-unsaturated/α-hetero) is 1. The molecule has 1 N–H and O–H groups in total. The maximum Gasteiger partial charge on any atom is 0.295 e. The third kappa shape index (κ3) is 4.00. The van der Waals surface area contributed by atoms with Crippen molar-refractivity contribution in [3.05, 3.63) is 71.0 Å². The summed E-state index contributed by atoms with van der Waals surface area (Å²) in [4.78, 5) is 28.8. The molecule has 0 aliphatic carbocycles. The van der Waals surface area contributed by atoms with Gasteiger partial charge in [-0.25, -0.2) is 4.39 Å². The lowest BCUT2D eigenvalue weighted by Crippen LogP contribution is -2.35. The monoisotopic (exact) mass is 398 g/mol. The minimum Gasteiger partial charge on any atom is -0.507 e. The van der Waals surface area contributed by atoms with Crippen LogP contribution in [0, 0.1) is 5.82 Å². The number of ketones is 1. The Hall–Kier alpha value is -3.19. The number of aliphatic hydroxyl groups excluding tert-OH is 1. The van der Waals surface area contributed by atoms with Crippen LogP contribution in [0.4, 0.5) is 4.39 Å². The van der Waals surface area contributed by atoms with Crippen molar-refractivity contribution < 1.29 is 23.8 Å². The smallest absolute Gasteiger partial charge is 0.295 e. The highest BCUT2D eigenvalue weighted by atomic mass is 19.1. The predicted octanol–water partition coefficient (Wildman–Crippen LogP) is 2.82. The summed E-state index contributed by atoms with van der Waals surface area (Å²) in [6.07, 6.45) is 0. The first-order valence-electron chi connectivity index (χ1n) is 9.17. The molecule has 0 aromatic heterocycles. The van der Waals surface area contributed by atoms with Gasteiger partial charge in [0.25, 0.3) is 11.7 Å². The fraction of sp³-hybridized carbons (Fsp3) is 0.273. The Bertz CT molecular complexity index is 971. The van der Waals surface area contributed by atoms with Crippen LogP contribution in [0.2, 0.25) is 0 Å². The molecule has 0 unspecified atom stereocenters. The van der Waals surface area contributed by atoms with E-state index >= 15 is 0 Å². The van der Waals surface area contributed by atoms with Gasteiger partial charge in [0.2, 0.25) is 0 Å². The summed E-state index contributed by atoms with van der Waals surface area (Å²) < 4.78 is 19.8. The molecule has 1 aliphatic rings. The van der Waals surface area contributed by atoms with Crippen LogP contribution in [-0.2, 0) is 9.59 Å². The minimum atomic E-state index is -1.01. The highest BCUT2D eigenvalue weighted by molar-refractivity contribution is 6.46. The maximum absolute atomic E-state index is 14.6. The van der Waals surface area contributed by atoms with Gasteiger partial charge < -0.3 is 19.6 Å². The van der Waals surface area contributed by atoms with Crippen molar-refractivity contribution in [1.82, 2.24) is 9.80 Å². The van der Waals surface area contributed by atoms with Crippen LogP contribution in [0.15, 0.2) is 54.1 Å². The van der Waals surface area contributed by atoms with Crippen LogP contribution in [-0.4, -0.2) is 60.9 Å². The zero-order chi connectivity index (χ0) is 21.1.